The molecular formula is C15H23BrN2O2. The van der Waals surface area contributed by atoms with Gasteiger partial charge in [0.25, 0.3) is 0 Å². The van der Waals surface area contributed by atoms with Gasteiger partial charge in [-0.05, 0) is 74.2 Å². The number of aryl methyl sites for hydroxylation is 1. The quantitative estimate of drug-likeness (QED) is 0.866. The summed E-state index contributed by atoms with van der Waals surface area (Å²) in [4.78, 5) is 11.8. The van der Waals surface area contributed by atoms with Gasteiger partial charge >= 0.3 is 6.09 Å². The summed E-state index contributed by atoms with van der Waals surface area (Å²) in [5, 5.41) is 2.76. The fourth-order valence-corrected chi connectivity index (χ4v) is 1.98. The number of anilines is 1. The summed E-state index contributed by atoms with van der Waals surface area (Å²) in [6.45, 7) is 7.49. The van der Waals surface area contributed by atoms with Crippen molar-refractivity contribution in [1.82, 2.24) is 0 Å². The molecule has 1 atom stereocenters. The fourth-order valence-electron chi connectivity index (χ4n) is 1.63. The summed E-state index contributed by atoms with van der Waals surface area (Å²) in [5.41, 5.74) is 7.09. The minimum absolute atomic E-state index is 0.168. The van der Waals surface area contributed by atoms with Gasteiger partial charge in [-0.15, -0.1) is 0 Å². The van der Waals surface area contributed by atoms with Crippen molar-refractivity contribution in [3.05, 3.63) is 28.2 Å². The van der Waals surface area contributed by atoms with Gasteiger partial charge in [-0.2, -0.15) is 0 Å². The molecule has 3 N–H and O–H groups in total. The smallest absolute Gasteiger partial charge is 0.412 e. The molecule has 0 heterocycles. The summed E-state index contributed by atoms with van der Waals surface area (Å²) in [7, 11) is 0. The van der Waals surface area contributed by atoms with E-state index in [9.17, 15) is 4.79 Å². The first-order valence-electron chi connectivity index (χ1n) is 6.71. The molecule has 0 aromatic heterocycles. The molecular weight excluding hydrogens is 320 g/mol. The molecule has 4 nitrogen and oxygen atoms in total. The molecule has 1 amide bonds. The van der Waals surface area contributed by atoms with Crippen molar-refractivity contribution in [3.8, 4) is 0 Å². The maximum atomic E-state index is 11.8. The van der Waals surface area contributed by atoms with E-state index in [0.29, 0.717) is 5.69 Å². The third kappa shape index (κ3) is 6.39. The average Bonchev–Trinajstić information content (AvgIpc) is 2.27. The maximum absolute atomic E-state index is 11.8. The molecule has 0 spiro atoms. The molecule has 112 valence electrons. The Balaban J connectivity index is 2.73. The van der Waals surface area contributed by atoms with Crippen molar-refractivity contribution < 1.29 is 9.53 Å². The molecule has 1 unspecified atom stereocenters. The van der Waals surface area contributed by atoms with Gasteiger partial charge in [0.1, 0.15) is 5.60 Å². The van der Waals surface area contributed by atoms with Gasteiger partial charge in [0.2, 0.25) is 0 Å². The van der Waals surface area contributed by atoms with Gasteiger partial charge in [-0.3, -0.25) is 5.32 Å². The van der Waals surface area contributed by atoms with Gasteiger partial charge in [0.05, 0.1) is 5.69 Å². The van der Waals surface area contributed by atoms with Crippen LogP contribution in [0.5, 0.6) is 0 Å². The standard InChI is InChI=1S/C15H23BrN2O2/c1-10(17)5-6-11-7-8-12(16)13(9-11)18-14(19)20-15(2,3)4/h7-10H,5-6,17H2,1-4H3,(H,18,19). The second kappa shape index (κ2) is 7.09. The summed E-state index contributed by atoms with van der Waals surface area (Å²) >= 11 is 3.42. The number of nitrogens with two attached hydrogens (primary N) is 1. The highest BCUT2D eigenvalue weighted by Gasteiger charge is 2.17. The van der Waals surface area contributed by atoms with Crippen LogP contribution in [0.25, 0.3) is 0 Å². The van der Waals surface area contributed by atoms with E-state index in [1.54, 1.807) is 0 Å². The number of amides is 1. The lowest BCUT2D eigenvalue weighted by Gasteiger charge is -2.20. The Morgan fingerprint density at radius 2 is 2.10 bits per heavy atom. The van der Waals surface area contributed by atoms with Crippen LogP contribution in [0.4, 0.5) is 10.5 Å². The Kier molecular flexibility index (Phi) is 6.02. The van der Waals surface area contributed by atoms with Crippen LogP contribution in [0, 0.1) is 0 Å². The molecule has 0 saturated carbocycles. The Hall–Kier alpha value is -1.07. The normalized spacial score (nSPS) is 12.9. The van der Waals surface area contributed by atoms with Crippen molar-refractivity contribution in [2.75, 3.05) is 5.32 Å². The van der Waals surface area contributed by atoms with Crippen molar-refractivity contribution in [2.45, 2.75) is 52.2 Å². The third-order valence-electron chi connectivity index (χ3n) is 2.55. The molecule has 1 aromatic rings. The van der Waals surface area contributed by atoms with Crippen LogP contribution >= 0.6 is 15.9 Å². The number of ether oxygens (including phenoxy) is 1. The molecule has 0 fully saturated rings. The number of nitrogens with one attached hydrogen (secondary N) is 1. The zero-order chi connectivity index (χ0) is 15.3. The lowest BCUT2D eigenvalue weighted by molar-refractivity contribution is 0.0636. The number of halogens is 1. The van der Waals surface area contributed by atoms with Gasteiger partial charge in [0, 0.05) is 10.5 Å². The average molecular weight is 343 g/mol. The molecule has 0 saturated heterocycles. The van der Waals surface area contributed by atoms with E-state index in [1.807, 2.05) is 45.9 Å². The van der Waals surface area contributed by atoms with E-state index in [0.717, 1.165) is 22.9 Å². The zero-order valence-electron chi connectivity index (χ0n) is 12.5. The summed E-state index contributed by atoms with van der Waals surface area (Å²) in [6, 6.07) is 6.05. The van der Waals surface area contributed by atoms with Crippen LogP contribution in [-0.2, 0) is 11.2 Å². The highest BCUT2D eigenvalue weighted by molar-refractivity contribution is 9.10. The number of benzene rings is 1. The molecule has 0 aliphatic carbocycles. The Morgan fingerprint density at radius 3 is 2.65 bits per heavy atom. The Morgan fingerprint density at radius 1 is 1.45 bits per heavy atom. The van der Waals surface area contributed by atoms with Crippen LogP contribution < -0.4 is 11.1 Å². The monoisotopic (exact) mass is 342 g/mol. The molecule has 0 aliphatic heterocycles. The number of rotatable bonds is 4. The molecule has 0 radical (unpaired) electrons. The number of hydrogen-bond donors (Lipinski definition) is 2. The predicted molar refractivity (Wildman–Crippen MR) is 86.0 cm³/mol. The summed E-state index contributed by atoms with van der Waals surface area (Å²) < 4.78 is 6.07. The largest absolute Gasteiger partial charge is 0.444 e. The first kappa shape index (κ1) is 17.0. The van der Waals surface area contributed by atoms with Crippen molar-refractivity contribution >= 4 is 27.7 Å². The van der Waals surface area contributed by atoms with Crippen LogP contribution in [0.2, 0.25) is 0 Å². The highest BCUT2D eigenvalue weighted by Crippen LogP contribution is 2.25. The fraction of sp³-hybridized carbons (Fsp3) is 0.533. The van der Waals surface area contributed by atoms with E-state index < -0.39 is 11.7 Å². The lowest BCUT2D eigenvalue weighted by Crippen LogP contribution is -2.27. The Labute approximate surface area is 129 Å². The van der Waals surface area contributed by atoms with Crippen molar-refractivity contribution in [2.24, 2.45) is 5.73 Å². The van der Waals surface area contributed by atoms with Crippen LogP contribution in [-0.4, -0.2) is 17.7 Å². The maximum Gasteiger partial charge on any atom is 0.412 e. The van der Waals surface area contributed by atoms with Crippen LogP contribution in [0.3, 0.4) is 0 Å². The SMILES string of the molecule is CC(N)CCc1ccc(Br)c(NC(=O)OC(C)(C)C)c1. The molecule has 1 aromatic carbocycles. The number of carbonyl (C=O) groups is 1. The van der Waals surface area contributed by atoms with E-state index >= 15 is 0 Å². The van der Waals surface area contributed by atoms with Gasteiger partial charge in [0.15, 0.2) is 0 Å². The first-order chi connectivity index (χ1) is 9.17. The van der Waals surface area contributed by atoms with Crippen LogP contribution in [0.1, 0.15) is 39.7 Å². The van der Waals surface area contributed by atoms with E-state index in [-0.39, 0.29) is 6.04 Å². The van der Waals surface area contributed by atoms with Crippen molar-refractivity contribution in [3.63, 3.8) is 0 Å². The lowest BCUT2D eigenvalue weighted by atomic mass is 10.1. The first-order valence-corrected chi connectivity index (χ1v) is 7.50. The summed E-state index contributed by atoms with van der Waals surface area (Å²) in [6.07, 6.45) is 1.34. The van der Waals surface area contributed by atoms with Crippen molar-refractivity contribution in [1.29, 1.82) is 0 Å². The molecule has 5 heteroatoms. The number of carbonyl (C=O) groups excluding carboxylic acids is 1. The van der Waals surface area contributed by atoms with E-state index in [4.69, 9.17) is 10.5 Å². The molecule has 0 bridgehead atoms. The van der Waals surface area contributed by atoms with Gasteiger partial charge in [-0.25, -0.2) is 4.79 Å². The number of hydrogen-bond acceptors (Lipinski definition) is 3. The minimum Gasteiger partial charge on any atom is -0.444 e. The van der Waals surface area contributed by atoms with Gasteiger partial charge < -0.3 is 10.5 Å². The molecule has 0 aliphatic rings. The molecule has 1 rings (SSSR count). The second-order valence-corrected chi connectivity index (χ2v) is 6.81. The minimum atomic E-state index is -0.511. The van der Waals surface area contributed by atoms with Gasteiger partial charge in [-0.1, -0.05) is 6.07 Å². The van der Waals surface area contributed by atoms with Crippen LogP contribution in [0.15, 0.2) is 22.7 Å². The predicted octanol–water partition coefficient (Wildman–Crippen LogP) is 4.08. The zero-order valence-corrected chi connectivity index (χ0v) is 14.1. The topological polar surface area (TPSA) is 64.3 Å². The third-order valence-corrected chi connectivity index (χ3v) is 3.25. The summed E-state index contributed by atoms with van der Waals surface area (Å²) in [5.74, 6) is 0. The van der Waals surface area contributed by atoms with E-state index in [1.165, 1.54) is 0 Å². The Bertz CT molecular complexity index is 467. The van der Waals surface area contributed by atoms with E-state index in [2.05, 4.69) is 21.2 Å². The molecule has 20 heavy (non-hydrogen) atoms. The second-order valence-electron chi connectivity index (χ2n) is 5.96. The highest BCUT2D eigenvalue weighted by atomic mass is 79.9.